The minimum atomic E-state index is -2.94. The van der Waals surface area contributed by atoms with Gasteiger partial charge in [-0.1, -0.05) is 11.6 Å². The van der Waals surface area contributed by atoms with Gasteiger partial charge in [0.25, 0.3) is 5.92 Å². The third-order valence-electron chi connectivity index (χ3n) is 3.36. The molecule has 0 aliphatic heterocycles. The number of anilines is 3. The molecule has 3 rings (SSSR count). The van der Waals surface area contributed by atoms with Crippen LogP contribution in [0.15, 0.2) is 42.6 Å². The van der Waals surface area contributed by atoms with Crippen LogP contribution in [0.2, 0.25) is 5.02 Å². The summed E-state index contributed by atoms with van der Waals surface area (Å²) in [5.74, 6) is -2.22. The molecule has 118 valence electrons. The Balaban J connectivity index is 1.98. The molecule has 0 unspecified atom stereocenters. The molecule has 0 spiro atoms. The number of pyridine rings is 2. The van der Waals surface area contributed by atoms with Crippen LogP contribution in [-0.4, -0.2) is 9.97 Å². The van der Waals surface area contributed by atoms with E-state index < -0.39 is 5.92 Å². The summed E-state index contributed by atoms with van der Waals surface area (Å²) in [4.78, 5) is 8.40. The van der Waals surface area contributed by atoms with E-state index in [1.165, 1.54) is 18.3 Å². The van der Waals surface area contributed by atoms with E-state index in [1.54, 1.807) is 24.3 Å². The van der Waals surface area contributed by atoms with Crippen molar-refractivity contribution in [3.8, 4) is 0 Å². The largest absolute Gasteiger partial charge is 0.398 e. The first kappa shape index (κ1) is 15.4. The number of nitrogens with zero attached hydrogens (tertiary/aromatic N) is 2. The van der Waals surface area contributed by atoms with E-state index in [2.05, 4.69) is 15.3 Å². The van der Waals surface area contributed by atoms with E-state index in [1.807, 2.05) is 0 Å². The van der Waals surface area contributed by atoms with Gasteiger partial charge in [0.1, 0.15) is 11.6 Å². The highest BCUT2D eigenvalue weighted by Crippen LogP contribution is 2.30. The normalized spacial score (nSPS) is 11.7. The first-order valence-corrected chi connectivity index (χ1v) is 7.18. The summed E-state index contributed by atoms with van der Waals surface area (Å²) in [5, 5.41) is 4.08. The zero-order chi connectivity index (χ0) is 16.6. The zero-order valence-corrected chi connectivity index (χ0v) is 12.9. The maximum absolute atomic E-state index is 13.4. The Morgan fingerprint density at radius 3 is 2.65 bits per heavy atom. The molecule has 1 aromatic carbocycles. The van der Waals surface area contributed by atoms with Gasteiger partial charge in [0, 0.05) is 29.8 Å². The molecule has 2 aromatic heterocycles. The van der Waals surface area contributed by atoms with Crippen LogP contribution in [0.4, 0.5) is 26.1 Å². The van der Waals surface area contributed by atoms with Gasteiger partial charge in [0.05, 0.1) is 10.5 Å². The Bertz CT molecular complexity index is 878. The minimum Gasteiger partial charge on any atom is -0.398 e. The van der Waals surface area contributed by atoms with Crippen molar-refractivity contribution in [3.63, 3.8) is 0 Å². The Morgan fingerprint density at radius 2 is 1.91 bits per heavy atom. The molecule has 3 aromatic rings. The summed E-state index contributed by atoms with van der Waals surface area (Å²) in [6.45, 7) is 0.836. The van der Waals surface area contributed by atoms with E-state index in [9.17, 15) is 8.78 Å². The minimum absolute atomic E-state index is 0.127. The van der Waals surface area contributed by atoms with Crippen LogP contribution < -0.4 is 11.1 Å². The van der Waals surface area contributed by atoms with Crippen LogP contribution in [0.1, 0.15) is 12.5 Å². The first-order chi connectivity index (χ1) is 10.8. The molecule has 4 nitrogen and oxygen atoms in total. The number of alkyl halides is 2. The lowest BCUT2D eigenvalue weighted by Gasteiger charge is -2.12. The average molecular weight is 335 g/mol. The Labute approximate surface area is 136 Å². The molecule has 0 saturated carbocycles. The Kier molecular flexibility index (Phi) is 3.77. The lowest BCUT2D eigenvalue weighted by Crippen LogP contribution is -2.08. The molecule has 7 heteroatoms. The van der Waals surface area contributed by atoms with E-state index in [0.29, 0.717) is 22.0 Å². The van der Waals surface area contributed by atoms with Gasteiger partial charge in [-0.25, -0.2) is 18.7 Å². The molecular weight excluding hydrogens is 322 g/mol. The summed E-state index contributed by atoms with van der Waals surface area (Å²) in [6.07, 6.45) is 1.32. The molecule has 0 fully saturated rings. The van der Waals surface area contributed by atoms with Crippen molar-refractivity contribution in [2.75, 3.05) is 11.1 Å². The number of aromatic nitrogens is 2. The van der Waals surface area contributed by atoms with Crippen LogP contribution in [0, 0.1) is 0 Å². The van der Waals surface area contributed by atoms with Crippen LogP contribution in [0.5, 0.6) is 0 Å². The molecule has 0 atom stereocenters. The van der Waals surface area contributed by atoms with Crippen molar-refractivity contribution < 1.29 is 8.78 Å². The topological polar surface area (TPSA) is 63.8 Å². The SMILES string of the molecule is CC(F)(F)c1ccnc(Nc2ccc3c(N)ccc(Cl)c3n2)c1. The summed E-state index contributed by atoms with van der Waals surface area (Å²) >= 11 is 6.13. The monoisotopic (exact) mass is 334 g/mol. The molecule has 0 radical (unpaired) electrons. The quantitative estimate of drug-likeness (QED) is 0.680. The second-order valence-electron chi connectivity index (χ2n) is 5.17. The Morgan fingerprint density at radius 1 is 1.13 bits per heavy atom. The molecular formula is C16H13ClF2N4. The highest BCUT2D eigenvalue weighted by molar-refractivity contribution is 6.35. The maximum Gasteiger partial charge on any atom is 0.270 e. The number of fused-ring (bicyclic) bond motifs is 1. The number of hydrogen-bond donors (Lipinski definition) is 2. The van der Waals surface area contributed by atoms with Crippen molar-refractivity contribution in [2.24, 2.45) is 0 Å². The van der Waals surface area contributed by atoms with Gasteiger partial charge >= 0.3 is 0 Å². The summed E-state index contributed by atoms with van der Waals surface area (Å²) in [5.41, 5.74) is 6.85. The lowest BCUT2D eigenvalue weighted by atomic mass is 10.1. The van der Waals surface area contributed by atoms with E-state index in [0.717, 1.165) is 12.3 Å². The predicted octanol–water partition coefficient (Wildman–Crippen LogP) is 4.72. The third kappa shape index (κ3) is 3.17. The highest BCUT2D eigenvalue weighted by atomic mass is 35.5. The predicted molar refractivity (Wildman–Crippen MR) is 88.3 cm³/mol. The van der Waals surface area contributed by atoms with Crippen molar-refractivity contribution >= 4 is 39.8 Å². The third-order valence-corrected chi connectivity index (χ3v) is 3.67. The number of halogens is 3. The van der Waals surface area contributed by atoms with Crippen molar-refractivity contribution in [1.82, 2.24) is 9.97 Å². The van der Waals surface area contributed by atoms with E-state index in [4.69, 9.17) is 17.3 Å². The second-order valence-corrected chi connectivity index (χ2v) is 5.58. The summed E-state index contributed by atoms with van der Waals surface area (Å²) in [7, 11) is 0. The van der Waals surface area contributed by atoms with Gasteiger partial charge in [-0.3, -0.25) is 0 Å². The number of nitrogens with one attached hydrogen (secondary N) is 1. The molecule has 0 bridgehead atoms. The van der Waals surface area contributed by atoms with E-state index in [-0.39, 0.29) is 11.4 Å². The lowest BCUT2D eigenvalue weighted by molar-refractivity contribution is 0.0174. The van der Waals surface area contributed by atoms with Crippen LogP contribution in [0.3, 0.4) is 0 Å². The number of benzene rings is 1. The van der Waals surface area contributed by atoms with Gasteiger partial charge in [0.2, 0.25) is 0 Å². The van der Waals surface area contributed by atoms with Gasteiger partial charge in [-0.15, -0.1) is 0 Å². The maximum atomic E-state index is 13.4. The molecule has 0 amide bonds. The molecule has 0 saturated heterocycles. The van der Waals surface area contributed by atoms with Gasteiger partial charge in [-0.2, -0.15) is 0 Å². The molecule has 3 N–H and O–H groups in total. The van der Waals surface area contributed by atoms with Crippen molar-refractivity contribution in [1.29, 1.82) is 0 Å². The number of nitrogen functional groups attached to an aromatic ring is 1. The highest BCUT2D eigenvalue weighted by Gasteiger charge is 2.24. The van der Waals surface area contributed by atoms with E-state index >= 15 is 0 Å². The summed E-state index contributed by atoms with van der Waals surface area (Å²) in [6, 6.07) is 9.38. The zero-order valence-electron chi connectivity index (χ0n) is 12.1. The summed E-state index contributed by atoms with van der Waals surface area (Å²) < 4.78 is 26.8. The van der Waals surface area contributed by atoms with Gasteiger partial charge in [-0.05, 0) is 36.4 Å². The second kappa shape index (κ2) is 5.62. The fourth-order valence-corrected chi connectivity index (χ4v) is 2.39. The number of nitrogens with two attached hydrogens (primary N) is 1. The number of rotatable bonds is 3. The Hall–Kier alpha value is -2.47. The molecule has 0 aliphatic carbocycles. The molecule has 2 heterocycles. The fourth-order valence-electron chi connectivity index (χ4n) is 2.18. The van der Waals surface area contributed by atoms with Gasteiger partial charge < -0.3 is 11.1 Å². The standard InChI is InChI=1S/C16H13ClF2N4/c1-16(18,19)9-6-7-21-14(8-9)22-13-5-2-10-12(20)4-3-11(17)15(10)23-13/h2-8H,20H2,1H3,(H,21,22,23). The van der Waals surface area contributed by atoms with Crippen LogP contribution in [-0.2, 0) is 5.92 Å². The van der Waals surface area contributed by atoms with Gasteiger partial charge in [0.15, 0.2) is 0 Å². The van der Waals surface area contributed by atoms with Crippen LogP contribution in [0.25, 0.3) is 10.9 Å². The smallest absolute Gasteiger partial charge is 0.270 e. The molecule has 0 aliphatic rings. The fraction of sp³-hybridized carbons (Fsp3) is 0.125. The van der Waals surface area contributed by atoms with Crippen molar-refractivity contribution in [2.45, 2.75) is 12.8 Å². The average Bonchev–Trinajstić information content (AvgIpc) is 2.51. The number of hydrogen-bond acceptors (Lipinski definition) is 4. The molecule has 23 heavy (non-hydrogen) atoms. The first-order valence-electron chi connectivity index (χ1n) is 6.81. The van der Waals surface area contributed by atoms with Crippen molar-refractivity contribution in [3.05, 3.63) is 53.2 Å². The van der Waals surface area contributed by atoms with Crippen LogP contribution >= 0.6 is 11.6 Å².